The number of aliphatic hydroxyl groups is 2. The molecule has 3 N–H and O–H groups in total. The molecule has 1 saturated heterocycles. The Balaban J connectivity index is 1.63. The maximum atomic E-state index is 12.9. The van der Waals surface area contributed by atoms with E-state index in [1.54, 1.807) is 23.2 Å². The molecule has 0 bridgehead atoms. The van der Waals surface area contributed by atoms with Gasteiger partial charge in [-0.25, -0.2) is 4.98 Å². The van der Waals surface area contributed by atoms with Gasteiger partial charge in [-0.1, -0.05) is 5.92 Å². The number of β-amino-alcohol motifs (C(OH)–C–C–N with tert-alkyl or cyclic N) is 2. The third kappa shape index (κ3) is 5.84. The van der Waals surface area contributed by atoms with Gasteiger partial charge in [0.2, 0.25) is 0 Å². The molecule has 3 heterocycles. The van der Waals surface area contributed by atoms with Crippen LogP contribution < -0.4 is 15.0 Å². The van der Waals surface area contributed by atoms with Gasteiger partial charge in [-0.05, 0) is 36.4 Å². The molecule has 1 aromatic carbocycles. The number of alkyl halides is 3. The molecule has 1 amide bonds. The quantitative estimate of drug-likeness (QED) is 0.352. The number of nitrogens with one attached hydrogen (secondary N) is 1. The summed E-state index contributed by atoms with van der Waals surface area (Å²) in [6.07, 6.45) is 8.07. The van der Waals surface area contributed by atoms with Crippen molar-refractivity contribution in [2.75, 3.05) is 23.3 Å². The van der Waals surface area contributed by atoms with Crippen LogP contribution in [0.15, 0.2) is 55.0 Å². The van der Waals surface area contributed by atoms with E-state index in [9.17, 15) is 23.8 Å². The Bertz CT molecular complexity index is 1270. The minimum absolute atomic E-state index is 0.157. The fourth-order valence-electron chi connectivity index (χ4n) is 3.60. The predicted molar refractivity (Wildman–Crippen MR) is 125 cm³/mol. The Morgan fingerprint density at radius 2 is 1.86 bits per heavy atom. The number of ether oxygens (including phenoxy) is 1. The van der Waals surface area contributed by atoms with E-state index in [0.717, 1.165) is 0 Å². The number of carbonyl (C=O) groups excluding carboxylic acids is 1. The molecular weight excluding hydrogens is 482 g/mol. The summed E-state index contributed by atoms with van der Waals surface area (Å²) in [4.78, 5) is 23.2. The fraction of sp³-hybridized carbons (Fsp3) is 0.208. The van der Waals surface area contributed by atoms with Crippen molar-refractivity contribution in [1.29, 1.82) is 0 Å². The standard InChI is InChI=1S/C24H19ClF2N4O4/c1-2-14-7-15(10-28-9-14)19-8-16(11-29-22(19)31-12-20(32)21(33)13-31)23(34)30-17-3-5-18(6-4-17)35-24(25,26)27/h1,3-11,20-21,32-33H,12-13H2,(H,30,34)/t20-,21-/m0/s1. The molecule has 11 heteroatoms. The molecule has 1 aliphatic rings. The number of anilines is 2. The van der Waals surface area contributed by atoms with Crippen LogP contribution in [0.3, 0.4) is 0 Å². The number of nitrogens with zero attached hydrogens (tertiary/aromatic N) is 3. The Morgan fingerprint density at radius 1 is 1.17 bits per heavy atom. The van der Waals surface area contributed by atoms with Gasteiger partial charge in [-0.2, -0.15) is 0 Å². The molecule has 2 atom stereocenters. The van der Waals surface area contributed by atoms with Crippen molar-refractivity contribution in [3.8, 4) is 29.2 Å². The van der Waals surface area contributed by atoms with E-state index in [0.29, 0.717) is 28.2 Å². The molecule has 0 aliphatic carbocycles. The lowest BCUT2D eigenvalue weighted by atomic mass is 10.0. The van der Waals surface area contributed by atoms with Crippen molar-refractivity contribution >= 4 is 29.0 Å². The molecule has 35 heavy (non-hydrogen) atoms. The second-order valence-electron chi connectivity index (χ2n) is 7.77. The van der Waals surface area contributed by atoms with Crippen LogP contribution in [-0.2, 0) is 0 Å². The third-order valence-corrected chi connectivity index (χ3v) is 5.33. The number of hydrogen-bond donors (Lipinski definition) is 3. The number of aromatic nitrogens is 2. The first-order valence-corrected chi connectivity index (χ1v) is 10.7. The van der Waals surface area contributed by atoms with Crippen LogP contribution in [-0.4, -0.2) is 57.0 Å². The number of terminal acetylenes is 1. The number of carbonyl (C=O) groups is 1. The molecule has 2 aromatic heterocycles. The average Bonchev–Trinajstić information content (AvgIpc) is 3.17. The van der Waals surface area contributed by atoms with Gasteiger partial charge < -0.3 is 25.2 Å². The predicted octanol–water partition coefficient (Wildman–Crippen LogP) is 3.09. The summed E-state index contributed by atoms with van der Waals surface area (Å²) in [7, 11) is 0. The SMILES string of the molecule is C#Cc1cncc(-c2cc(C(=O)Nc3ccc(OC(F)(F)Cl)cc3)cnc2N2C[C@H](O)[C@@H](O)C2)c1. The van der Waals surface area contributed by atoms with Gasteiger partial charge in [0.05, 0.1) is 17.8 Å². The molecule has 0 unspecified atom stereocenters. The second-order valence-corrected chi connectivity index (χ2v) is 8.21. The van der Waals surface area contributed by atoms with E-state index in [-0.39, 0.29) is 24.4 Å². The summed E-state index contributed by atoms with van der Waals surface area (Å²) < 4.78 is 29.8. The summed E-state index contributed by atoms with van der Waals surface area (Å²) in [5.74, 6) is 2.27. The first kappa shape index (κ1) is 24.3. The minimum atomic E-state index is -3.85. The van der Waals surface area contributed by atoms with Crippen molar-refractivity contribution < 1.29 is 28.5 Å². The van der Waals surface area contributed by atoms with E-state index in [1.165, 1.54) is 36.7 Å². The minimum Gasteiger partial charge on any atom is -0.420 e. The van der Waals surface area contributed by atoms with Crippen molar-refractivity contribution in [2.24, 2.45) is 0 Å². The highest BCUT2D eigenvalue weighted by atomic mass is 35.5. The maximum absolute atomic E-state index is 12.9. The summed E-state index contributed by atoms with van der Waals surface area (Å²) in [6, 6.07) is 8.54. The van der Waals surface area contributed by atoms with Gasteiger partial charge >= 0.3 is 5.57 Å². The topological polar surface area (TPSA) is 108 Å². The monoisotopic (exact) mass is 500 g/mol. The lowest BCUT2D eigenvalue weighted by Crippen LogP contribution is -2.23. The fourth-order valence-corrected chi connectivity index (χ4v) is 3.69. The molecule has 1 aliphatic heterocycles. The molecule has 0 saturated carbocycles. The van der Waals surface area contributed by atoms with E-state index in [2.05, 4.69) is 25.9 Å². The van der Waals surface area contributed by atoms with Crippen LogP contribution in [0.25, 0.3) is 11.1 Å². The van der Waals surface area contributed by atoms with Crippen LogP contribution in [0.4, 0.5) is 20.3 Å². The van der Waals surface area contributed by atoms with E-state index < -0.39 is 23.7 Å². The molecule has 0 radical (unpaired) electrons. The molecule has 180 valence electrons. The highest BCUT2D eigenvalue weighted by Crippen LogP contribution is 2.32. The van der Waals surface area contributed by atoms with Gasteiger partial charge in [0.1, 0.15) is 11.6 Å². The second kappa shape index (κ2) is 9.84. The largest absolute Gasteiger partial charge is 0.487 e. The molecule has 0 spiro atoms. The van der Waals surface area contributed by atoms with Gasteiger partial charge in [0.25, 0.3) is 5.91 Å². The number of aliphatic hydroxyl groups excluding tert-OH is 2. The van der Waals surface area contributed by atoms with Crippen LogP contribution in [0.2, 0.25) is 0 Å². The number of benzene rings is 1. The van der Waals surface area contributed by atoms with Crippen molar-refractivity contribution in [3.63, 3.8) is 0 Å². The van der Waals surface area contributed by atoms with Crippen molar-refractivity contribution in [3.05, 3.63) is 66.1 Å². The van der Waals surface area contributed by atoms with E-state index >= 15 is 0 Å². The highest BCUT2D eigenvalue weighted by molar-refractivity contribution is 6.20. The maximum Gasteiger partial charge on any atom is 0.487 e. The van der Waals surface area contributed by atoms with Gasteiger partial charge in [0.15, 0.2) is 0 Å². The number of hydrogen-bond acceptors (Lipinski definition) is 7. The Kier molecular flexibility index (Phi) is 6.84. The summed E-state index contributed by atoms with van der Waals surface area (Å²) >= 11 is 4.75. The highest BCUT2D eigenvalue weighted by Gasteiger charge is 2.32. The first-order chi connectivity index (χ1) is 16.6. The van der Waals surface area contributed by atoms with Crippen LogP contribution in [0, 0.1) is 12.3 Å². The van der Waals surface area contributed by atoms with Crippen LogP contribution >= 0.6 is 11.6 Å². The third-order valence-electron chi connectivity index (χ3n) is 5.25. The first-order valence-electron chi connectivity index (χ1n) is 10.3. The lowest BCUT2D eigenvalue weighted by molar-refractivity contribution is -0.0964. The van der Waals surface area contributed by atoms with Crippen LogP contribution in [0.1, 0.15) is 15.9 Å². The molecule has 3 aromatic rings. The molecule has 1 fully saturated rings. The van der Waals surface area contributed by atoms with E-state index in [1.807, 2.05) is 0 Å². The smallest absolute Gasteiger partial charge is 0.420 e. The summed E-state index contributed by atoms with van der Waals surface area (Å²) in [5, 5.41) is 22.6. The van der Waals surface area contributed by atoms with Gasteiger partial charge in [-0.3, -0.25) is 9.78 Å². The molecule has 4 rings (SSSR count). The van der Waals surface area contributed by atoms with Crippen molar-refractivity contribution in [1.82, 2.24) is 9.97 Å². The van der Waals surface area contributed by atoms with Crippen molar-refractivity contribution in [2.45, 2.75) is 17.8 Å². The van der Waals surface area contributed by atoms with Gasteiger partial charge in [-0.15, -0.1) is 15.2 Å². The number of rotatable bonds is 6. The number of amides is 1. The van der Waals surface area contributed by atoms with E-state index in [4.69, 9.17) is 18.0 Å². The summed E-state index contributed by atoms with van der Waals surface area (Å²) in [6.45, 7) is 0.315. The van der Waals surface area contributed by atoms with Gasteiger partial charge in [0, 0.05) is 65.7 Å². The van der Waals surface area contributed by atoms with Crippen LogP contribution in [0.5, 0.6) is 5.75 Å². The Labute approximate surface area is 204 Å². The molecular formula is C24H19ClF2N4O4. The average molecular weight is 501 g/mol. The Hall–Kier alpha value is -3.78. The summed E-state index contributed by atoms with van der Waals surface area (Å²) in [5.41, 5.74) is -1.68. The molecule has 8 nitrogen and oxygen atoms in total. The lowest BCUT2D eigenvalue weighted by Gasteiger charge is -2.21. The normalized spacial score (nSPS) is 17.7. The zero-order chi connectivity index (χ0) is 25.2. The zero-order valence-electron chi connectivity index (χ0n) is 18.0. The Morgan fingerprint density at radius 3 is 2.49 bits per heavy atom. The zero-order valence-corrected chi connectivity index (χ0v) is 18.8. The number of halogens is 3. The number of pyridine rings is 2.